The summed E-state index contributed by atoms with van der Waals surface area (Å²) in [6.45, 7) is 0. The summed E-state index contributed by atoms with van der Waals surface area (Å²) < 4.78 is 19.6. The van der Waals surface area contributed by atoms with Crippen molar-refractivity contribution < 1.29 is 19.0 Å². The van der Waals surface area contributed by atoms with Crippen molar-refractivity contribution in [2.45, 2.75) is 0 Å². The van der Waals surface area contributed by atoms with Crippen LogP contribution in [0.2, 0.25) is 0 Å². The normalized spacial score (nSPS) is 10.5. The molecule has 0 saturated carbocycles. The molecule has 1 N–H and O–H groups in total. The second kappa shape index (κ2) is 5.92. The van der Waals surface area contributed by atoms with Crippen molar-refractivity contribution in [2.24, 2.45) is 0 Å². The van der Waals surface area contributed by atoms with Crippen LogP contribution in [0.4, 0.5) is 4.39 Å². The highest BCUT2D eigenvalue weighted by atomic mass is 19.1. The fraction of sp³-hybridized carbons (Fsp3) is 0.0588. The number of aromatic hydroxyl groups is 1. The van der Waals surface area contributed by atoms with Gasteiger partial charge in [0.15, 0.2) is 17.8 Å². The predicted octanol–water partition coefficient (Wildman–Crippen LogP) is 3.21. The number of rotatable bonds is 4. The van der Waals surface area contributed by atoms with Crippen LogP contribution in [0, 0.1) is 5.82 Å². The molecule has 5 nitrogen and oxygen atoms in total. The number of hydrogen-bond acceptors (Lipinski definition) is 4. The molecule has 0 unspecified atom stereocenters. The maximum absolute atomic E-state index is 13.0. The first-order valence-electron chi connectivity index (χ1n) is 6.79. The molecule has 1 aromatic heterocycles. The fourth-order valence-corrected chi connectivity index (χ4v) is 2.25. The molecule has 116 valence electrons. The number of methoxy groups -OCH3 is 1. The van der Waals surface area contributed by atoms with Crippen molar-refractivity contribution in [3.05, 3.63) is 60.2 Å². The van der Waals surface area contributed by atoms with E-state index in [1.54, 1.807) is 41.3 Å². The zero-order chi connectivity index (χ0) is 16.4. The van der Waals surface area contributed by atoms with E-state index in [4.69, 9.17) is 4.74 Å². The number of phenols is 1. The highest BCUT2D eigenvalue weighted by Gasteiger charge is 2.12. The molecule has 3 aromatic rings. The standard InChI is InChI=1S/C17H13FN2O3/c1-23-16-7-11(6-12(10-21)17(16)22)13-8-19-20(9-13)15-4-2-14(18)3-5-15/h2-10,22H,1H3. The van der Waals surface area contributed by atoms with E-state index in [9.17, 15) is 14.3 Å². The predicted molar refractivity (Wildman–Crippen MR) is 82.6 cm³/mol. The number of phenolic OH excluding ortho intramolecular Hbond substituents is 1. The lowest BCUT2D eigenvalue weighted by atomic mass is 10.1. The number of ether oxygens (including phenoxy) is 1. The number of carbonyl (C=O) groups is 1. The van der Waals surface area contributed by atoms with E-state index in [1.165, 1.54) is 19.2 Å². The van der Waals surface area contributed by atoms with Crippen LogP contribution in [0.5, 0.6) is 11.5 Å². The first kappa shape index (κ1) is 14.8. The van der Waals surface area contributed by atoms with E-state index in [2.05, 4.69) is 5.10 Å². The molecule has 0 aliphatic carbocycles. The minimum Gasteiger partial charge on any atom is -0.504 e. The molecule has 3 rings (SSSR count). The van der Waals surface area contributed by atoms with Crippen LogP contribution in [-0.2, 0) is 0 Å². The van der Waals surface area contributed by atoms with Crippen molar-refractivity contribution in [3.8, 4) is 28.3 Å². The SMILES string of the molecule is COc1cc(-c2cnn(-c3ccc(F)cc3)c2)cc(C=O)c1O. The van der Waals surface area contributed by atoms with Crippen molar-refractivity contribution in [1.82, 2.24) is 9.78 Å². The van der Waals surface area contributed by atoms with Gasteiger partial charge < -0.3 is 9.84 Å². The maximum Gasteiger partial charge on any atom is 0.168 e. The summed E-state index contributed by atoms with van der Waals surface area (Å²) in [6, 6.07) is 9.10. The Kier molecular flexibility index (Phi) is 3.80. The van der Waals surface area contributed by atoms with E-state index in [-0.39, 0.29) is 22.9 Å². The molecule has 0 aliphatic rings. The van der Waals surface area contributed by atoms with Crippen LogP contribution < -0.4 is 4.74 Å². The summed E-state index contributed by atoms with van der Waals surface area (Å²) in [7, 11) is 1.41. The second-order valence-corrected chi connectivity index (χ2v) is 4.88. The van der Waals surface area contributed by atoms with Gasteiger partial charge in [0.1, 0.15) is 5.82 Å². The first-order valence-corrected chi connectivity index (χ1v) is 6.79. The summed E-state index contributed by atoms with van der Waals surface area (Å²) in [5, 5.41) is 14.1. The average Bonchev–Trinajstić information content (AvgIpc) is 3.05. The van der Waals surface area contributed by atoms with Crippen LogP contribution in [0.15, 0.2) is 48.8 Å². The molecule has 23 heavy (non-hydrogen) atoms. The van der Waals surface area contributed by atoms with E-state index in [1.807, 2.05) is 0 Å². The fourth-order valence-electron chi connectivity index (χ4n) is 2.25. The first-order chi connectivity index (χ1) is 11.1. The van der Waals surface area contributed by atoms with Gasteiger partial charge >= 0.3 is 0 Å². The maximum atomic E-state index is 13.0. The van der Waals surface area contributed by atoms with Gasteiger partial charge in [0.05, 0.1) is 24.6 Å². The third kappa shape index (κ3) is 2.78. The van der Waals surface area contributed by atoms with Crippen molar-refractivity contribution in [2.75, 3.05) is 7.11 Å². The molecular weight excluding hydrogens is 299 g/mol. The van der Waals surface area contributed by atoms with Crippen LogP contribution in [0.25, 0.3) is 16.8 Å². The lowest BCUT2D eigenvalue weighted by Gasteiger charge is -2.08. The number of nitrogens with zero attached hydrogens (tertiary/aromatic N) is 2. The molecule has 0 fully saturated rings. The minimum absolute atomic E-state index is 0.133. The van der Waals surface area contributed by atoms with Crippen molar-refractivity contribution >= 4 is 6.29 Å². The highest BCUT2D eigenvalue weighted by molar-refractivity contribution is 5.85. The van der Waals surface area contributed by atoms with E-state index in [0.29, 0.717) is 17.5 Å². The molecule has 6 heteroatoms. The largest absolute Gasteiger partial charge is 0.504 e. The monoisotopic (exact) mass is 312 g/mol. The Morgan fingerprint density at radius 3 is 2.61 bits per heavy atom. The van der Waals surface area contributed by atoms with E-state index in [0.717, 1.165) is 5.56 Å². The van der Waals surface area contributed by atoms with E-state index < -0.39 is 0 Å². The molecule has 2 aromatic carbocycles. The minimum atomic E-state index is -0.319. The van der Waals surface area contributed by atoms with Gasteiger partial charge in [0.2, 0.25) is 0 Å². The number of halogens is 1. The van der Waals surface area contributed by atoms with Crippen molar-refractivity contribution in [1.29, 1.82) is 0 Å². The molecule has 0 spiro atoms. The number of carbonyl (C=O) groups excluding carboxylic acids is 1. The Hall–Kier alpha value is -3.15. The van der Waals surface area contributed by atoms with Gasteiger partial charge in [-0.05, 0) is 42.0 Å². The number of benzene rings is 2. The molecule has 0 atom stereocenters. The summed E-state index contributed by atoms with van der Waals surface area (Å²) in [6.07, 6.45) is 3.92. The lowest BCUT2D eigenvalue weighted by Crippen LogP contribution is -1.93. The zero-order valence-electron chi connectivity index (χ0n) is 12.2. The Morgan fingerprint density at radius 2 is 1.96 bits per heavy atom. The van der Waals surface area contributed by atoms with E-state index >= 15 is 0 Å². The van der Waals surface area contributed by atoms with Gasteiger partial charge in [-0.1, -0.05) is 0 Å². The third-order valence-electron chi connectivity index (χ3n) is 3.46. The van der Waals surface area contributed by atoms with Crippen LogP contribution in [0.3, 0.4) is 0 Å². The zero-order valence-corrected chi connectivity index (χ0v) is 12.2. The summed E-state index contributed by atoms with van der Waals surface area (Å²) in [5.41, 5.74) is 2.25. The quantitative estimate of drug-likeness (QED) is 0.751. The van der Waals surface area contributed by atoms with Gasteiger partial charge in [-0.15, -0.1) is 0 Å². The molecule has 1 heterocycles. The highest BCUT2D eigenvalue weighted by Crippen LogP contribution is 2.34. The van der Waals surface area contributed by atoms with Crippen LogP contribution in [0.1, 0.15) is 10.4 Å². The van der Waals surface area contributed by atoms with Crippen LogP contribution in [-0.4, -0.2) is 28.3 Å². The Morgan fingerprint density at radius 1 is 1.22 bits per heavy atom. The summed E-state index contributed by atoms with van der Waals surface area (Å²) >= 11 is 0. The van der Waals surface area contributed by atoms with Gasteiger partial charge in [-0.2, -0.15) is 5.10 Å². The topological polar surface area (TPSA) is 64.4 Å². The Balaban J connectivity index is 2.03. The number of aldehydes is 1. The summed E-state index contributed by atoms with van der Waals surface area (Å²) in [4.78, 5) is 11.1. The number of aromatic nitrogens is 2. The molecular formula is C17H13FN2O3. The molecule has 0 amide bonds. The lowest BCUT2D eigenvalue weighted by molar-refractivity contribution is 0.112. The average molecular weight is 312 g/mol. The van der Waals surface area contributed by atoms with Gasteiger partial charge in [0.25, 0.3) is 0 Å². The van der Waals surface area contributed by atoms with Crippen molar-refractivity contribution in [3.63, 3.8) is 0 Å². The van der Waals surface area contributed by atoms with Gasteiger partial charge in [-0.25, -0.2) is 9.07 Å². The summed E-state index contributed by atoms with van der Waals surface area (Å²) in [5.74, 6) is -0.309. The van der Waals surface area contributed by atoms with Gasteiger partial charge in [0, 0.05) is 11.8 Å². The molecule has 0 aliphatic heterocycles. The van der Waals surface area contributed by atoms with Gasteiger partial charge in [-0.3, -0.25) is 4.79 Å². The Labute approximate surface area is 131 Å². The molecule has 0 saturated heterocycles. The Bertz CT molecular complexity index is 857. The second-order valence-electron chi connectivity index (χ2n) is 4.88. The third-order valence-corrected chi connectivity index (χ3v) is 3.46. The number of hydrogen-bond donors (Lipinski definition) is 1. The van der Waals surface area contributed by atoms with Crippen LogP contribution >= 0.6 is 0 Å². The smallest absolute Gasteiger partial charge is 0.168 e. The molecule has 0 radical (unpaired) electrons. The molecule has 0 bridgehead atoms.